The second-order valence-corrected chi connectivity index (χ2v) is 5.72. The second kappa shape index (κ2) is 7.60. The third kappa shape index (κ3) is 5.28. The van der Waals surface area contributed by atoms with Crippen LogP contribution in [0.5, 0.6) is 0 Å². The van der Waals surface area contributed by atoms with Gasteiger partial charge in [-0.25, -0.2) is 4.39 Å². The van der Waals surface area contributed by atoms with Crippen LogP contribution in [-0.4, -0.2) is 37.0 Å². The molecule has 19 heavy (non-hydrogen) atoms. The lowest BCUT2D eigenvalue weighted by atomic mass is 10.2. The topological polar surface area (TPSA) is 32.3 Å². The van der Waals surface area contributed by atoms with Gasteiger partial charge in [0.15, 0.2) is 0 Å². The van der Waals surface area contributed by atoms with Gasteiger partial charge in [-0.1, -0.05) is 15.9 Å². The molecule has 0 atom stereocenters. The third-order valence-electron chi connectivity index (χ3n) is 3.03. The van der Waals surface area contributed by atoms with Crippen LogP contribution in [0, 0.1) is 5.82 Å². The lowest BCUT2D eigenvalue weighted by molar-refractivity contribution is 0.0947. The van der Waals surface area contributed by atoms with Crippen LogP contribution in [0.2, 0.25) is 0 Å². The molecule has 0 aliphatic carbocycles. The van der Waals surface area contributed by atoms with Gasteiger partial charge < -0.3 is 10.2 Å². The molecule has 0 saturated heterocycles. The maximum atomic E-state index is 13.5. The molecule has 1 rings (SSSR count). The SMILES string of the molecule is CC(C)N(C)CCCNC(=O)c1cc(Br)ccc1F. The van der Waals surface area contributed by atoms with Crippen molar-refractivity contribution in [2.75, 3.05) is 20.1 Å². The zero-order valence-electron chi connectivity index (χ0n) is 11.5. The molecule has 0 heterocycles. The molecule has 0 bridgehead atoms. The Hall–Kier alpha value is -0.940. The molecule has 1 N–H and O–H groups in total. The fraction of sp³-hybridized carbons (Fsp3) is 0.500. The van der Waals surface area contributed by atoms with Gasteiger partial charge in [0, 0.05) is 17.1 Å². The fourth-order valence-corrected chi connectivity index (χ4v) is 1.92. The Labute approximate surface area is 122 Å². The van der Waals surface area contributed by atoms with Gasteiger partial charge in [0.25, 0.3) is 5.91 Å². The number of nitrogens with one attached hydrogen (secondary N) is 1. The molecule has 0 aromatic heterocycles. The van der Waals surface area contributed by atoms with E-state index in [9.17, 15) is 9.18 Å². The zero-order chi connectivity index (χ0) is 14.4. The van der Waals surface area contributed by atoms with Gasteiger partial charge in [-0.2, -0.15) is 0 Å². The highest BCUT2D eigenvalue weighted by atomic mass is 79.9. The average molecular weight is 331 g/mol. The van der Waals surface area contributed by atoms with Gasteiger partial charge in [0.05, 0.1) is 5.56 Å². The molecule has 0 aliphatic heterocycles. The van der Waals surface area contributed by atoms with Crippen molar-refractivity contribution in [1.29, 1.82) is 0 Å². The number of hydrogen-bond acceptors (Lipinski definition) is 2. The summed E-state index contributed by atoms with van der Waals surface area (Å²) in [5.74, 6) is -0.869. The normalized spacial score (nSPS) is 11.1. The average Bonchev–Trinajstić information content (AvgIpc) is 2.36. The minimum atomic E-state index is -0.500. The molecule has 106 valence electrons. The maximum absolute atomic E-state index is 13.5. The standard InChI is InChI=1S/C14H20BrFN2O/c1-10(2)18(3)8-4-7-17-14(19)12-9-11(15)5-6-13(12)16/h5-6,9-10H,4,7-8H2,1-3H3,(H,17,19). The maximum Gasteiger partial charge on any atom is 0.254 e. The lowest BCUT2D eigenvalue weighted by Crippen LogP contribution is -2.31. The van der Waals surface area contributed by atoms with Crippen LogP contribution < -0.4 is 5.32 Å². The van der Waals surface area contributed by atoms with Crippen LogP contribution in [0.3, 0.4) is 0 Å². The van der Waals surface area contributed by atoms with Crippen molar-refractivity contribution in [1.82, 2.24) is 10.2 Å². The Morgan fingerprint density at radius 2 is 2.16 bits per heavy atom. The van der Waals surface area contributed by atoms with Gasteiger partial charge in [-0.3, -0.25) is 4.79 Å². The molecule has 0 radical (unpaired) electrons. The van der Waals surface area contributed by atoms with E-state index in [1.54, 1.807) is 6.07 Å². The van der Waals surface area contributed by atoms with E-state index in [0.717, 1.165) is 13.0 Å². The Bertz CT molecular complexity index is 437. The highest BCUT2D eigenvalue weighted by molar-refractivity contribution is 9.10. The summed E-state index contributed by atoms with van der Waals surface area (Å²) in [6.07, 6.45) is 0.843. The molecule has 5 heteroatoms. The van der Waals surface area contributed by atoms with Gasteiger partial charge in [-0.05, 0) is 52.1 Å². The quantitative estimate of drug-likeness (QED) is 0.813. The first-order valence-corrected chi connectivity index (χ1v) is 7.14. The van der Waals surface area contributed by atoms with Crippen molar-refractivity contribution in [3.05, 3.63) is 34.1 Å². The zero-order valence-corrected chi connectivity index (χ0v) is 13.1. The van der Waals surface area contributed by atoms with Crippen molar-refractivity contribution >= 4 is 21.8 Å². The minimum Gasteiger partial charge on any atom is -0.352 e. The van der Waals surface area contributed by atoms with E-state index >= 15 is 0 Å². The molecule has 1 aromatic rings. The van der Waals surface area contributed by atoms with Crippen LogP contribution in [-0.2, 0) is 0 Å². The van der Waals surface area contributed by atoms with Gasteiger partial charge in [-0.15, -0.1) is 0 Å². The summed E-state index contributed by atoms with van der Waals surface area (Å²) in [4.78, 5) is 14.0. The summed E-state index contributed by atoms with van der Waals surface area (Å²) in [5, 5.41) is 2.73. The molecule has 1 aromatic carbocycles. The Morgan fingerprint density at radius 3 is 2.79 bits per heavy atom. The van der Waals surface area contributed by atoms with Crippen LogP contribution in [0.25, 0.3) is 0 Å². The monoisotopic (exact) mass is 330 g/mol. The number of carbonyl (C=O) groups excluding carboxylic acids is 1. The van der Waals surface area contributed by atoms with Crippen LogP contribution in [0.4, 0.5) is 4.39 Å². The first kappa shape index (κ1) is 16.1. The highest BCUT2D eigenvalue weighted by Gasteiger charge is 2.11. The minimum absolute atomic E-state index is 0.0755. The van der Waals surface area contributed by atoms with E-state index in [2.05, 4.69) is 40.0 Å². The van der Waals surface area contributed by atoms with Gasteiger partial charge >= 0.3 is 0 Å². The van der Waals surface area contributed by atoms with E-state index in [-0.39, 0.29) is 11.5 Å². The Balaban J connectivity index is 2.41. The van der Waals surface area contributed by atoms with E-state index in [4.69, 9.17) is 0 Å². The molecule has 1 amide bonds. The van der Waals surface area contributed by atoms with E-state index < -0.39 is 5.82 Å². The molecular formula is C14H20BrFN2O. The van der Waals surface area contributed by atoms with Crippen molar-refractivity contribution in [3.63, 3.8) is 0 Å². The van der Waals surface area contributed by atoms with Crippen molar-refractivity contribution in [3.8, 4) is 0 Å². The van der Waals surface area contributed by atoms with Crippen molar-refractivity contribution in [2.45, 2.75) is 26.3 Å². The predicted molar refractivity (Wildman–Crippen MR) is 78.8 cm³/mol. The third-order valence-corrected chi connectivity index (χ3v) is 3.52. The number of nitrogens with zero attached hydrogens (tertiary/aromatic N) is 1. The lowest BCUT2D eigenvalue weighted by Gasteiger charge is -2.20. The first-order chi connectivity index (χ1) is 8.91. The fourth-order valence-electron chi connectivity index (χ4n) is 1.56. The molecular weight excluding hydrogens is 311 g/mol. The first-order valence-electron chi connectivity index (χ1n) is 6.35. The Kier molecular flexibility index (Phi) is 6.45. The van der Waals surface area contributed by atoms with Gasteiger partial charge in [0.2, 0.25) is 0 Å². The largest absolute Gasteiger partial charge is 0.352 e. The smallest absolute Gasteiger partial charge is 0.254 e. The van der Waals surface area contributed by atoms with Crippen LogP contribution in [0.1, 0.15) is 30.6 Å². The second-order valence-electron chi connectivity index (χ2n) is 4.81. The summed E-state index contributed by atoms with van der Waals surface area (Å²) in [7, 11) is 2.04. The summed E-state index contributed by atoms with van der Waals surface area (Å²) in [5.41, 5.74) is 0.0755. The highest BCUT2D eigenvalue weighted by Crippen LogP contribution is 2.15. The van der Waals surface area contributed by atoms with Gasteiger partial charge in [0.1, 0.15) is 5.82 Å². The summed E-state index contributed by atoms with van der Waals surface area (Å²) < 4.78 is 14.2. The summed E-state index contributed by atoms with van der Waals surface area (Å²) in [6.45, 7) is 5.69. The van der Waals surface area contributed by atoms with E-state index in [1.807, 2.05) is 7.05 Å². The van der Waals surface area contributed by atoms with Crippen molar-refractivity contribution < 1.29 is 9.18 Å². The number of carbonyl (C=O) groups is 1. The molecule has 3 nitrogen and oxygen atoms in total. The van der Waals surface area contributed by atoms with E-state index in [1.165, 1.54) is 12.1 Å². The number of rotatable bonds is 6. The van der Waals surface area contributed by atoms with Crippen molar-refractivity contribution in [2.24, 2.45) is 0 Å². The predicted octanol–water partition coefficient (Wildman–Crippen LogP) is 3.05. The molecule has 0 spiro atoms. The molecule has 0 aliphatic rings. The van der Waals surface area contributed by atoms with E-state index in [0.29, 0.717) is 17.1 Å². The molecule has 0 saturated carbocycles. The number of halogens is 2. The summed E-state index contributed by atoms with van der Waals surface area (Å²) >= 11 is 3.23. The molecule has 0 fully saturated rings. The summed E-state index contributed by atoms with van der Waals surface area (Å²) in [6, 6.07) is 4.83. The van der Waals surface area contributed by atoms with Crippen LogP contribution in [0.15, 0.2) is 22.7 Å². The number of amides is 1. The number of hydrogen-bond donors (Lipinski definition) is 1. The Morgan fingerprint density at radius 1 is 1.47 bits per heavy atom. The number of benzene rings is 1. The molecule has 0 unspecified atom stereocenters. The van der Waals surface area contributed by atoms with Crippen LogP contribution >= 0.6 is 15.9 Å².